The van der Waals surface area contributed by atoms with Crippen LogP contribution < -0.4 is 15.2 Å². The molecule has 0 heterocycles. The van der Waals surface area contributed by atoms with Crippen LogP contribution in [-0.2, 0) is 21.5 Å². The Kier molecular flexibility index (Phi) is 8.71. The first-order valence-electron chi connectivity index (χ1n) is 8.39. The van der Waals surface area contributed by atoms with E-state index in [1.807, 2.05) is 43.3 Å². The number of hydrogen-bond donors (Lipinski definition) is 3. The van der Waals surface area contributed by atoms with Gasteiger partial charge in [0.1, 0.15) is 0 Å². The molecule has 150 valence electrons. The molecule has 0 aliphatic heterocycles. The molecule has 0 bridgehead atoms. The number of carboxylic acid groups (broad SMARTS) is 2. The SMILES string of the molecule is COc1ccc(C(C)(N)Cc2ccccc2)cc1OC.O=C(O)C=CC(=O)O. The quantitative estimate of drug-likeness (QED) is 0.625. The molecule has 7 nitrogen and oxygen atoms in total. The number of rotatable bonds is 7. The maximum atomic E-state index is 9.55. The Hall–Kier alpha value is -3.32. The Balaban J connectivity index is 0.000000416. The molecule has 0 aliphatic carbocycles. The minimum absolute atomic E-state index is 0.457. The predicted octanol–water partition coefficient (Wildman–Crippen LogP) is 2.83. The van der Waals surface area contributed by atoms with Gasteiger partial charge in [-0.05, 0) is 36.6 Å². The Morgan fingerprint density at radius 3 is 1.96 bits per heavy atom. The third-order valence-electron chi connectivity index (χ3n) is 3.83. The summed E-state index contributed by atoms with van der Waals surface area (Å²) in [5.41, 5.74) is 8.27. The van der Waals surface area contributed by atoms with Gasteiger partial charge < -0.3 is 25.4 Å². The minimum Gasteiger partial charge on any atom is -0.493 e. The molecule has 1 atom stereocenters. The van der Waals surface area contributed by atoms with Crippen molar-refractivity contribution in [3.63, 3.8) is 0 Å². The zero-order chi connectivity index (χ0) is 21.2. The lowest BCUT2D eigenvalue weighted by Crippen LogP contribution is -2.35. The summed E-state index contributed by atoms with van der Waals surface area (Å²) < 4.78 is 10.6. The number of methoxy groups -OCH3 is 2. The van der Waals surface area contributed by atoms with Crippen LogP contribution in [0.4, 0.5) is 0 Å². The first-order chi connectivity index (χ1) is 13.2. The van der Waals surface area contributed by atoms with Crippen molar-refractivity contribution in [2.75, 3.05) is 14.2 Å². The Labute approximate surface area is 164 Å². The average Bonchev–Trinajstić information content (AvgIpc) is 2.66. The number of benzene rings is 2. The molecule has 2 aromatic carbocycles. The molecule has 0 fully saturated rings. The summed E-state index contributed by atoms with van der Waals surface area (Å²) in [5.74, 6) is -1.10. The van der Waals surface area contributed by atoms with Crippen molar-refractivity contribution in [2.45, 2.75) is 18.9 Å². The summed E-state index contributed by atoms with van der Waals surface area (Å²) in [7, 11) is 3.26. The highest BCUT2D eigenvalue weighted by atomic mass is 16.5. The first kappa shape index (κ1) is 22.7. The number of hydrogen-bond acceptors (Lipinski definition) is 5. The van der Waals surface area contributed by atoms with Crippen LogP contribution in [0.3, 0.4) is 0 Å². The molecule has 7 heteroatoms. The summed E-state index contributed by atoms with van der Waals surface area (Å²) in [6.45, 7) is 2.03. The highest BCUT2D eigenvalue weighted by molar-refractivity contribution is 5.89. The first-order valence-corrected chi connectivity index (χ1v) is 8.39. The minimum atomic E-state index is -1.26. The smallest absolute Gasteiger partial charge is 0.328 e. The second-order valence-corrected chi connectivity index (χ2v) is 6.16. The molecule has 0 radical (unpaired) electrons. The zero-order valence-corrected chi connectivity index (χ0v) is 16.1. The van der Waals surface area contributed by atoms with Crippen LogP contribution in [-0.4, -0.2) is 36.4 Å². The van der Waals surface area contributed by atoms with Gasteiger partial charge >= 0.3 is 11.9 Å². The highest BCUT2D eigenvalue weighted by Gasteiger charge is 2.23. The van der Waals surface area contributed by atoms with Gasteiger partial charge in [-0.1, -0.05) is 36.4 Å². The van der Waals surface area contributed by atoms with E-state index in [0.29, 0.717) is 23.7 Å². The van der Waals surface area contributed by atoms with E-state index in [1.165, 1.54) is 5.56 Å². The number of carbonyl (C=O) groups is 2. The second-order valence-electron chi connectivity index (χ2n) is 6.16. The standard InChI is InChI=1S/C17H21NO2.C4H4O4/c1-17(18,12-13-7-5-4-6-8-13)14-9-10-15(19-2)16(11-14)20-3;5-3(6)1-2-4(7)8/h4-11H,12,18H2,1-3H3;1-2H,(H,5,6)(H,7,8). The van der Waals surface area contributed by atoms with Gasteiger partial charge in [-0.25, -0.2) is 9.59 Å². The van der Waals surface area contributed by atoms with Crippen LogP contribution in [0, 0.1) is 0 Å². The van der Waals surface area contributed by atoms with Crippen molar-refractivity contribution >= 4 is 11.9 Å². The van der Waals surface area contributed by atoms with Crippen LogP contribution in [0.5, 0.6) is 11.5 Å². The van der Waals surface area contributed by atoms with Gasteiger partial charge in [0.05, 0.1) is 14.2 Å². The largest absolute Gasteiger partial charge is 0.493 e. The highest BCUT2D eigenvalue weighted by Crippen LogP contribution is 2.32. The van der Waals surface area contributed by atoms with Gasteiger partial charge in [0.2, 0.25) is 0 Å². The summed E-state index contributed by atoms with van der Waals surface area (Å²) in [6.07, 6.45) is 1.88. The molecular formula is C21H25NO6. The molecule has 0 aromatic heterocycles. The molecule has 2 rings (SSSR count). The van der Waals surface area contributed by atoms with Gasteiger partial charge in [0.25, 0.3) is 0 Å². The van der Waals surface area contributed by atoms with Crippen LogP contribution >= 0.6 is 0 Å². The Bertz CT molecular complexity index is 799. The van der Waals surface area contributed by atoms with Gasteiger partial charge in [0.15, 0.2) is 11.5 Å². The summed E-state index contributed by atoms with van der Waals surface area (Å²) in [5, 5.41) is 15.6. The lowest BCUT2D eigenvalue weighted by molar-refractivity contribution is -0.134. The van der Waals surface area contributed by atoms with Gasteiger partial charge in [-0.3, -0.25) is 0 Å². The number of ether oxygens (including phenoxy) is 2. The van der Waals surface area contributed by atoms with Crippen LogP contribution in [0.25, 0.3) is 0 Å². The van der Waals surface area contributed by atoms with E-state index in [-0.39, 0.29) is 0 Å². The van der Waals surface area contributed by atoms with Crippen LogP contribution in [0.1, 0.15) is 18.1 Å². The Morgan fingerprint density at radius 2 is 1.50 bits per heavy atom. The third-order valence-corrected chi connectivity index (χ3v) is 3.83. The van der Waals surface area contributed by atoms with Gasteiger partial charge in [-0.15, -0.1) is 0 Å². The van der Waals surface area contributed by atoms with Crippen LogP contribution in [0.15, 0.2) is 60.7 Å². The topological polar surface area (TPSA) is 119 Å². The molecule has 28 heavy (non-hydrogen) atoms. The molecule has 0 aliphatic rings. The lowest BCUT2D eigenvalue weighted by atomic mass is 9.86. The van der Waals surface area contributed by atoms with Crippen molar-refractivity contribution in [2.24, 2.45) is 5.73 Å². The summed E-state index contributed by atoms with van der Waals surface area (Å²) in [6, 6.07) is 16.1. The fourth-order valence-corrected chi connectivity index (χ4v) is 2.46. The Morgan fingerprint density at radius 1 is 0.964 bits per heavy atom. The van der Waals surface area contributed by atoms with E-state index in [0.717, 1.165) is 12.0 Å². The zero-order valence-electron chi connectivity index (χ0n) is 16.1. The van der Waals surface area contributed by atoms with E-state index in [4.69, 9.17) is 25.4 Å². The summed E-state index contributed by atoms with van der Waals surface area (Å²) >= 11 is 0. The fourth-order valence-electron chi connectivity index (χ4n) is 2.46. The lowest BCUT2D eigenvalue weighted by Gasteiger charge is -2.26. The fraction of sp³-hybridized carbons (Fsp3) is 0.238. The molecule has 0 saturated heterocycles. The van der Waals surface area contributed by atoms with E-state index in [1.54, 1.807) is 14.2 Å². The van der Waals surface area contributed by atoms with Crippen molar-refractivity contribution in [3.8, 4) is 11.5 Å². The molecule has 2 aromatic rings. The number of aliphatic carboxylic acids is 2. The van der Waals surface area contributed by atoms with E-state index >= 15 is 0 Å². The summed E-state index contributed by atoms with van der Waals surface area (Å²) in [4.78, 5) is 19.1. The average molecular weight is 387 g/mol. The normalized spacial score (nSPS) is 12.4. The maximum absolute atomic E-state index is 9.55. The van der Waals surface area contributed by atoms with Crippen molar-refractivity contribution < 1.29 is 29.3 Å². The molecule has 1 unspecified atom stereocenters. The molecular weight excluding hydrogens is 362 g/mol. The van der Waals surface area contributed by atoms with Crippen molar-refractivity contribution in [1.29, 1.82) is 0 Å². The van der Waals surface area contributed by atoms with E-state index in [2.05, 4.69) is 12.1 Å². The van der Waals surface area contributed by atoms with Gasteiger partial charge in [-0.2, -0.15) is 0 Å². The molecule has 4 N–H and O–H groups in total. The monoisotopic (exact) mass is 387 g/mol. The van der Waals surface area contributed by atoms with Crippen LogP contribution in [0.2, 0.25) is 0 Å². The second kappa shape index (κ2) is 10.7. The molecule has 0 saturated carbocycles. The molecule has 0 amide bonds. The third kappa shape index (κ3) is 7.51. The number of nitrogens with two attached hydrogens (primary N) is 1. The molecule has 0 spiro atoms. The number of carboxylic acids is 2. The van der Waals surface area contributed by atoms with Gasteiger partial charge in [0, 0.05) is 17.7 Å². The van der Waals surface area contributed by atoms with E-state index in [9.17, 15) is 9.59 Å². The van der Waals surface area contributed by atoms with E-state index < -0.39 is 17.5 Å². The maximum Gasteiger partial charge on any atom is 0.328 e. The predicted molar refractivity (Wildman–Crippen MR) is 106 cm³/mol. The van der Waals surface area contributed by atoms with Crippen molar-refractivity contribution in [3.05, 3.63) is 71.8 Å². The van der Waals surface area contributed by atoms with Crippen molar-refractivity contribution in [1.82, 2.24) is 0 Å².